The first-order valence-electron chi connectivity index (χ1n) is 5.28. The molecule has 0 aliphatic rings. The third-order valence-corrected chi connectivity index (χ3v) is 2.60. The smallest absolute Gasteiger partial charge is 0.307 e. The number of nitro groups is 1. The molecule has 7 nitrogen and oxygen atoms in total. The van der Waals surface area contributed by atoms with Gasteiger partial charge in [0.1, 0.15) is 0 Å². The Morgan fingerprint density at radius 2 is 2.33 bits per heavy atom. The third kappa shape index (κ3) is 2.29. The van der Waals surface area contributed by atoms with Crippen LogP contribution < -0.4 is 0 Å². The van der Waals surface area contributed by atoms with Gasteiger partial charge in [0.25, 0.3) is 5.69 Å². The van der Waals surface area contributed by atoms with E-state index in [-0.39, 0.29) is 18.1 Å². The van der Waals surface area contributed by atoms with Crippen molar-refractivity contribution in [2.24, 2.45) is 0 Å². The number of aromatic nitrogens is 2. The van der Waals surface area contributed by atoms with Gasteiger partial charge in [-0.05, 0) is 6.07 Å². The van der Waals surface area contributed by atoms with Crippen molar-refractivity contribution in [3.05, 3.63) is 34.6 Å². The van der Waals surface area contributed by atoms with Gasteiger partial charge < -0.3 is 9.30 Å². The number of hydrogen-bond donors (Lipinski definition) is 0. The molecule has 2 rings (SSSR count). The number of esters is 1. The van der Waals surface area contributed by atoms with E-state index >= 15 is 0 Å². The van der Waals surface area contributed by atoms with Gasteiger partial charge in [-0.15, -0.1) is 0 Å². The van der Waals surface area contributed by atoms with Crippen molar-refractivity contribution in [3.8, 4) is 0 Å². The lowest BCUT2D eigenvalue weighted by atomic mass is 10.2. The fraction of sp³-hybridized carbons (Fsp3) is 0.273. The molecule has 0 amide bonds. The second kappa shape index (κ2) is 4.82. The van der Waals surface area contributed by atoms with Crippen molar-refractivity contribution in [2.45, 2.75) is 13.0 Å². The molecule has 0 unspecified atom stereocenters. The monoisotopic (exact) mass is 249 g/mol. The van der Waals surface area contributed by atoms with E-state index in [4.69, 9.17) is 0 Å². The molecule has 0 saturated carbocycles. The van der Waals surface area contributed by atoms with Gasteiger partial charge in [0.15, 0.2) is 0 Å². The van der Waals surface area contributed by atoms with Crippen LogP contribution >= 0.6 is 0 Å². The summed E-state index contributed by atoms with van der Waals surface area (Å²) in [6.45, 7) is 0.379. The molecule has 0 saturated heterocycles. The standard InChI is InChI=1S/C11H11N3O4/c1-18-11(15)4-5-13-7-12-9-3-2-8(14(16)17)6-10(9)13/h2-3,6-7H,4-5H2,1H3. The maximum atomic E-state index is 11.1. The summed E-state index contributed by atoms with van der Waals surface area (Å²) in [5.41, 5.74) is 1.29. The van der Waals surface area contributed by atoms with Crippen LogP contribution in [0.5, 0.6) is 0 Å². The number of nitro benzene ring substituents is 1. The predicted octanol–water partition coefficient (Wildman–Crippen LogP) is 1.51. The number of fused-ring (bicyclic) bond motifs is 1. The number of carbonyl (C=O) groups excluding carboxylic acids is 1. The Hall–Kier alpha value is -2.44. The van der Waals surface area contributed by atoms with E-state index in [0.29, 0.717) is 17.6 Å². The van der Waals surface area contributed by atoms with Crippen molar-refractivity contribution >= 4 is 22.7 Å². The summed E-state index contributed by atoms with van der Waals surface area (Å²) in [7, 11) is 1.32. The molecule has 0 spiro atoms. The Morgan fingerprint density at radius 1 is 1.56 bits per heavy atom. The second-order valence-corrected chi connectivity index (χ2v) is 3.69. The fourth-order valence-corrected chi connectivity index (χ4v) is 1.65. The van der Waals surface area contributed by atoms with Crippen LogP contribution in [-0.4, -0.2) is 27.6 Å². The predicted molar refractivity (Wildman–Crippen MR) is 63.0 cm³/mol. The summed E-state index contributed by atoms with van der Waals surface area (Å²) < 4.78 is 6.24. The van der Waals surface area contributed by atoms with Crippen molar-refractivity contribution < 1.29 is 14.5 Å². The summed E-state index contributed by atoms with van der Waals surface area (Å²) in [6.07, 6.45) is 1.75. The van der Waals surface area contributed by atoms with E-state index in [2.05, 4.69) is 9.72 Å². The molecule has 0 N–H and O–H groups in total. The van der Waals surface area contributed by atoms with Gasteiger partial charge >= 0.3 is 5.97 Å². The summed E-state index contributed by atoms with van der Waals surface area (Å²) in [5, 5.41) is 10.7. The first-order chi connectivity index (χ1) is 8.61. The first-order valence-corrected chi connectivity index (χ1v) is 5.28. The summed E-state index contributed by atoms with van der Waals surface area (Å²) in [6, 6.07) is 4.43. The normalized spacial score (nSPS) is 10.5. The SMILES string of the molecule is COC(=O)CCn1cnc2ccc([N+](=O)[O-])cc21. The zero-order chi connectivity index (χ0) is 13.1. The highest BCUT2D eigenvalue weighted by molar-refractivity contribution is 5.78. The highest BCUT2D eigenvalue weighted by Crippen LogP contribution is 2.20. The van der Waals surface area contributed by atoms with Gasteiger partial charge in [-0.3, -0.25) is 14.9 Å². The number of non-ortho nitro benzene ring substituents is 1. The molecular weight excluding hydrogens is 238 g/mol. The van der Waals surface area contributed by atoms with Crippen molar-refractivity contribution in [2.75, 3.05) is 7.11 Å². The third-order valence-electron chi connectivity index (χ3n) is 2.60. The lowest BCUT2D eigenvalue weighted by Crippen LogP contribution is -2.06. The molecule has 1 heterocycles. The van der Waals surface area contributed by atoms with Crippen LogP contribution in [0, 0.1) is 10.1 Å². The summed E-state index contributed by atoms with van der Waals surface area (Å²) in [5.74, 6) is -0.331. The number of benzene rings is 1. The average molecular weight is 249 g/mol. The molecule has 18 heavy (non-hydrogen) atoms. The van der Waals surface area contributed by atoms with Gasteiger partial charge in [0, 0.05) is 18.7 Å². The lowest BCUT2D eigenvalue weighted by molar-refractivity contribution is -0.384. The van der Waals surface area contributed by atoms with Gasteiger partial charge in [0.2, 0.25) is 0 Å². The Morgan fingerprint density at radius 3 is 3.00 bits per heavy atom. The summed E-state index contributed by atoms with van der Waals surface area (Å²) in [4.78, 5) is 25.4. The Labute approximate surface area is 102 Å². The Kier molecular flexibility index (Phi) is 3.22. The van der Waals surface area contributed by atoms with Crippen LogP contribution in [-0.2, 0) is 16.1 Å². The number of hydrogen-bond acceptors (Lipinski definition) is 5. The Balaban J connectivity index is 2.30. The number of imidazole rings is 1. The molecule has 0 aliphatic heterocycles. The van der Waals surface area contributed by atoms with E-state index in [0.717, 1.165) is 0 Å². The van der Waals surface area contributed by atoms with Crippen molar-refractivity contribution in [1.29, 1.82) is 0 Å². The highest BCUT2D eigenvalue weighted by atomic mass is 16.6. The molecule has 0 aliphatic carbocycles. The number of methoxy groups -OCH3 is 1. The zero-order valence-electron chi connectivity index (χ0n) is 9.70. The van der Waals surface area contributed by atoms with Crippen LogP contribution in [0.15, 0.2) is 24.5 Å². The average Bonchev–Trinajstić information content (AvgIpc) is 2.78. The number of carbonyl (C=O) groups is 1. The lowest BCUT2D eigenvalue weighted by Gasteiger charge is -2.02. The summed E-state index contributed by atoms with van der Waals surface area (Å²) >= 11 is 0. The molecule has 0 fully saturated rings. The van der Waals surface area contributed by atoms with E-state index in [9.17, 15) is 14.9 Å². The first kappa shape index (κ1) is 12.0. The molecule has 0 radical (unpaired) electrons. The van der Waals surface area contributed by atoms with Crippen molar-refractivity contribution in [1.82, 2.24) is 9.55 Å². The van der Waals surface area contributed by atoms with Crippen LogP contribution in [0.4, 0.5) is 5.69 Å². The van der Waals surface area contributed by atoms with Gasteiger partial charge in [-0.1, -0.05) is 0 Å². The minimum atomic E-state index is -0.461. The minimum Gasteiger partial charge on any atom is -0.469 e. The fourth-order valence-electron chi connectivity index (χ4n) is 1.65. The van der Waals surface area contributed by atoms with Gasteiger partial charge in [0.05, 0.1) is 35.8 Å². The van der Waals surface area contributed by atoms with Crippen LogP contribution in [0.25, 0.3) is 11.0 Å². The largest absolute Gasteiger partial charge is 0.469 e. The molecular formula is C11H11N3O4. The van der Waals surface area contributed by atoms with E-state index in [1.165, 1.54) is 19.2 Å². The minimum absolute atomic E-state index is 0.00215. The van der Waals surface area contributed by atoms with E-state index in [1.54, 1.807) is 17.0 Å². The van der Waals surface area contributed by atoms with Gasteiger partial charge in [-0.25, -0.2) is 4.98 Å². The molecule has 0 atom stereocenters. The second-order valence-electron chi connectivity index (χ2n) is 3.69. The zero-order valence-corrected chi connectivity index (χ0v) is 9.70. The maximum Gasteiger partial charge on any atom is 0.307 e. The highest BCUT2D eigenvalue weighted by Gasteiger charge is 2.10. The molecule has 94 valence electrons. The molecule has 7 heteroatoms. The molecule has 0 bridgehead atoms. The number of nitrogens with zero attached hydrogens (tertiary/aromatic N) is 3. The molecule has 2 aromatic rings. The molecule has 1 aromatic heterocycles. The van der Waals surface area contributed by atoms with Crippen LogP contribution in [0.3, 0.4) is 0 Å². The Bertz CT molecular complexity index is 605. The van der Waals surface area contributed by atoms with E-state index < -0.39 is 4.92 Å². The number of rotatable bonds is 4. The van der Waals surface area contributed by atoms with Crippen LogP contribution in [0.2, 0.25) is 0 Å². The van der Waals surface area contributed by atoms with Crippen molar-refractivity contribution in [3.63, 3.8) is 0 Å². The van der Waals surface area contributed by atoms with Gasteiger partial charge in [-0.2, -0.15) is 0 Å². The quantitative estimate of drug-likeness (QED) is 0.465. The van der Waals surface area contributed by atoms with E-state index in [1.807, 2.05) is 0 Å². The topological polar surface area (TPSA) is 87.3 Å². The maximum absolute atomic E-state index is 11.1. The number of aryl methyl sites for hydroxylation is 1. The number of ether oxygens (including phenoxy) is 1. The van der Waals surface area contributed by atoms with Crippen LogP contribution in [0.1, 0.15) is 6.42 Å². The molecule has 1 aromatic carbocycles.